The lowest BCUT2D eigenvalue weighted by Gasteiger charge is -2.30. The van der Waals surface area contributed by atoms with Crippen LogP contribution in [-0.2, 0) is 4.79 Å². The molecule has 1 aliphatic rings. The highest BCUT2D eigenvalue weighted by atomic mass is 19.4. The van der Waals surface area contributed by atoms with E-state index >= 15 is 0 Å². The van der Waals surface area contributed by atoms with Crippen molar-refractivity contribution in [2.24, 2.45) is 5.92 Å². The zero-order valence-electron chi connectivity index (χ0n) is 8.80. The van der Waals surface area contributed by atoms with E-state index in [1.54, 1.807) is 6.92 Å². The first-order chi connectivity index (χ1) is 7.29. The van der Waals surface area contributed by atoms with Crippen LogP contribution in [0, 0.1) is 5.92 Å². The van der Waals surface area contributed by atoms with Crippen LogP contribution in [-0.4, -0.2) is 36.1 Å². The lowest BCUT2D eigenvalue weighted by atomic mass is 10.1. The van der Waals surface area contributed by atoms with Gasteiger partial charge in [-0.3, -0.25) is 10.1 Å². The molecule has 1 unspecified atom stereocenters. The van der Waals surface area contributed by atoms with Crippen LogP contribution < -0.4 is 5.32 Å². The Morgan fingerprint density at radius 2 is 2.06 bits per heavy atom. The number of alkyl halides is 3. The summed E-state index contributed by atoms with van der Waals surface area (Å²) in [6, 6.07) is -0.606. The summed E-state index contributed by atoms with van der Waals surface area (Å²) in [5.41, 5.74) is 0. The molecule has 0 aromatic heterocycles. The monoisotopic (exact) mass is 238 g/mol. The SMILES string of the molecule is CC1CN(CCCC(F)(F)F)C(=O)NC1=O. The number of rotatable bonds is 3. The van der Waals surface area contributed by atoms with Crippen molar-refractivity contribution in [3.05, 3.63) is 0 Å². The minimum Gasteiger partial charge on any atom is -0.324 e. The number of carbonyl (C=O) groups is 2. The van der Waals surface area contributed by atoms with E-state index in [1.807, 2.05) is 0 Å². The lowest BCUT2D eigenvalue weighted by Crippen LogP contribution is -2.53. The van der Waals surface area contributed by atoms with Crippen LogP contribution in [0.2, 0.25) is 0 Å². The van der Waals surface area contributed by atoms with Crippen molar-refractivity contribution < 1.29 is 22.8 Å². The maximum absolute atomic E-state index is 11.9. The van der Waals surface area contributed by atoms with Gasteiger partial charge in [0.25, 0.3) is 0 Å². The highest BCUT2D eigenvalue weighted by molar-refractivity contribution is 5.97. The van der Waals surface area contributed by atoms with Gasteiger partial charge in [-0.1, -0.05) is 6.92 Å². The van der Waals surface area contributed by atoms with Gasteiger partial charge in [-0.05, 0) is 6.42 Å². The number of amides is 3. The summed E-state index contributed by atoms with van der Waals surface area (Å²) >= 11 is 0. The van der Waals surface area contributed by atoms with Gasteiger partial charge in [0.2, 0.25) is 5.91 Å². The highest BCUT2D eigenvalue weighted by Gasteiger charge is 2.31. The molecule has 16 heavy (non-hydrogen) atoms. The fraction of sp³-hybridized carbons (Fsp3) is 0.778. The van der Waals surface area contributed by atoms with Crippen molar-refractivity contribution >= 4 is 11.9 Å². The number of hydrogen-bond donors (Lipinski definition) is 1. The topological polar surface area (TPSA) is 49.4 Å². The van der Waals surface area contributed by atoms with Crippen LogP contribution in [0.4, 0.5) is 18.0 Å². The number of carbonyl (C=O) groups excluding carboxylic acids is 2. The van der Waals surface area contributed by atoms with Crippen molar-refractivity contribution in [2.75, 3.05) is 13.1 Å². The summed E-state index contributed by atoms with van der Waals surface area (Å²) in [7, 11) is 0. The van der Waals surface area contributed by atoms with Crippen LogP contribution >= 0.6 is 0 Å². The molecule has 1 atom stereocenters. The Morgan fingerprint density at radius 3 is 2.62 bits per heavy atom. The summed E-state index contributed by atoms with van der Waals surface area (Å²) in [5.74, 6) is -0.749. The number of nitrogens with zero attached hydrogens (tertiary/aromatic N) is 1. The normalized spacial score (nSPS) is 22.2. The van der Waals surface area contributed by atoms with Crippen molar-refractivity contribution in [3.63, 3.8) is 0 Å². The summed E-state index contributed by atoms with van der Waals surface area (Å²) in [6.45, 7) is 1.82. The van der Waals surface area contributed by atoms with Crippen LogP contribution in [0.5, 0.6) is 0 Å². The average molecular weight is 238 g/mol. The molecule has 7 heteroatoms. The number of hydrogen-bond acceptors (Lipinski definition) is 2. The van der Waals surface area contributed by atoms with E-state index < -0.39 is 18.6 Å². The standard InChI is InChI=1S/C9H13F3N2O2/c1-6-5-14(8(16)13-7(6)15)4-2-3-9(10,11)12/h6H,2-5H2,1H3,(H,13,15,16). The summed E-state index contributed by atoms with van der Waals surface area (Å²) in [4.78, 5) is 23.5. The largest absolute Gasteiger partial charge is 0.389 e. The number of urea groups is 1. The Bertz CT molecular complexity index is 291. The molecule has 3 amide bonds. The minimum absolute atomic E-state index is 0.0168. The smallest absolute Gasteiger partial charge is 0.324 e. The molecule has 0 aliphatic carbocycles. The first-order valence-corrected chi connectivity index (χ1v) is 4.96. The number of imide groups is 1. The molecule has 0 aromatic rings. The fourth-order valence-corrected chi connectivity index (χ4v) is 1.47. The van der Waals surface area contributed by atoms with Gasteiger partial charge in [-0.25, -0.2) is 4.79 Å². The van der Waals surface area contributed by atoms with Crippen LogP contribution in [0.15, 0.2) is 0 Å². The van der Waals surface area contributed by atoms with E-state index in [-0.39, 0.29) is 31.3 Å². The molecule has 1 heterocycles. The minimum atomic E-state index is -4.20. The molecule has 4 nitrogen and oxygen atoms in total. The zero-order valence-corrected chi connectivity index (χ0v) is 8.80. The maximum Gasteiger partial charge on any atom is 0.389 e. The van der Waals surface area contributed by atoms with Crippen molar-refractivity contribution in [3.8, 4) is 0 Å². The van der Waals surface area contributed by atoms with Gasteiger partial charge in [0.05, 0.1) is 5.92 Å². The molecule has 92 valence electrons. The summed E-state index contributed by atoms with van der Waals surface area (Å²) in [5, 5.41) is 2.09. The highest BCUT2D eigenvalue weighted by Crippen LogP contribution is 2.21. The molecule has 1 fully saturated rings. The lowest BCUT2D eigenvalue weighted by molar-refractivity contribution is -0.136. The first kappa shape index (κ1) is 12.8. The molecule has 1 N–H and O–H groups in total. The van der Waals surface area contributed by atoms with Gasteiger partial charge in [0.15, 0.2) is 0 Å². The van der Waals surface area contributed by atoms with Crippen molar-refractivity contribution in [2.45, 2.75) is 25.9 Å². The van der Waals surface area contributed by atoms with Gasteiger partial charge in [0.1, 0.15) is 0 Å². The Morgan fingerprint density at radius 1 is 1.44 bits per heavy atom. The fourth-order valence-electron chi connectivity index (χ4n) is 1.47. The molecular weight excluding hydrogens is 225 g/mol. The quantitative estimate of drug-likeness (QED) is 0.810. The third kappa shape index (κ3) is 3.71. The predicted molar refractivity (Wildman–Crippen MR) is 49.6 cm³/mol. The van der Waals surface area contributed by atoms with Crippen LogP contribution in [0.3, 0.4) is 0 Å². The second kappa shape index (κ2) is 4.71. The molecule has 0 bridgehead atoms. The molecular formula is C9H13F3N2O2. The third-order valence-corrected chi connectivity index (χ3v) is 2.35. The Balaban J connectivity index is 2.37. The molecule has 0 aromatic carbocycles. The van der Waals surface area contributed by atoms with Gasteiger partial charge in [0, 0.05) is 19.5 Å². The van der Waals surface area contributed by atoms with Gasteiger partial charge < -0.3 is 4.90 Å². The van der Waals surface area contributed by atoms with E-state index in [4.69, 9.17) is 0 Å². The molecule has 0 radical (unpaired) electrons. The van der Waals surface area contributed by atoms with Gasteiger partial charge >= 0.3 is 12.2 Å². The van der Waals surface area contributed by atoms with E-state index in [2.05, 4.69) is 5.32 Å². The van der Waals surface area contributed by atoms with Crippen molar-refractivity contribution in [1.29, 1.82) is 0 Å². The van der Waals surface area contributed by atoms with E-state index in [9.17, 15) is 22.8 Å². The average Bonchev–Trinajstić information content (AvgIpc) is 2.11. The van der Waals surface area contributed by atoms with E-state index in [0.717, 1.165) is 0 Å². The van der Waals surface area contributed by atoms with Crippen molar-refractivity contribution in [1.82, 2.24) is 10.2 Å². The van der Waals surface area contributed by atoms with E-state index in [0.29, 0.717) is 0 Å². The predicted octanol–water partition coefficient (Wildman–Crippen LogP) is 1.52. The maximum atomic E-state index is 11.9. The summed E-state index contributed by atoms with van der Waals surface area (Å²) < 4.78 is 35.6. The molecule has 0 spiro atoms. The van der Waals surface area contributed by atoms with Gasteiger partial charge in [-0.2, -0.15) is 13.2 Å². The molecule has 1 rings (SSSR count). The molecule has 0 saturated carbocycles. The summed E-state index contributed by atoms with van der Waals surface area (Å²) in [6.07, 6.45) is -5.26. The first-order valence-electron chi connectivity index (χ1n) is 4.96. The number of halogens is 3. The second-order valence-corrected chi connectivity index (χ2v) is 3.86. The zero-order chi connectivity index (χ0) is 12.3. The third-order valence-electron chi connectivity index (χ3n) is 2.35. The molecule has 1 aliphatic heterocycles. The van der Waals surface area contributed by atoms with Gasteiger partial charge in [-0.15, -0.1) is 0 Å². The number of nitrogens with one attached hydrogen (secondary N) is 1. The van der Waals surface area contributed by atoms with Crippen LogP contribution in [0.25, 0.3) is 0 Å². The molecule has 1 saturated heterocycles. The second-order valence-electron chi connectivity index (χ2n) is 3.86. The Labute approximate surface area is 90.8 Å². The van der Waals surface area contributed by atoms with Crippen LogP contribution in [0.1, 0.15) is 19.8 Å². The Kier molecular flexibility index (Phi) is 3.77. The Hall–Kier alpha value is -1.27. The van der Waals surface area contributed by atoms with E-state index in [1.165, 1.54) is 4.90 Å².